The van der Waals surface area contributed by atoms with Crippen LogP contribution < -0.4 is 10.6 Å². The summed E-state index contributed by atoms with van der Waals surface area (Å²) in [7, 11) is 1.94. The first-order valence-corrected chi connectivity index (χ1v) is 8.59. The molecule has 8 heteroatoms. The van der Waals surface area contributed by atoms with E-state index in [9.17, 15) is 4.79 Å². The van der Waals surface area contributed by atoms with Crippen molar-refractivity contribution in [2.75, 3.05) is 19.6 Å². The number of aromatic nitrogens is 4. The number of aryl methyl sites for hydroxylation is 2. The molecule has 7 nitrogen and oxygen atoms in total. The highest BCUT2D eigenvalue weighted by atomic mass is 35.5. The molecule has 1 atom stereocenters. The van der Waals surface area contributed by atoms with E-state index < -0.39 is 0 Å². The fraction of sp³-hybridized carbons (Fsp3) is 0.588. The van der Waals surface area contributed by atoms with Gasteiger partial charge in [0, 0.05) is 32.0 Å². The van der Waals surface area contributed by atoms with E-state index in [2.05, 4.69) is 27.8 Å². The van der Waals surface area contributed by atoms with Gasteiger partial charge in [0.25, 0.3) is 5.91 Å². The molecule has 2 aromatic rings. The van der Waals surface area contributed by atoms with Crippen LogP contribution in [-0.4, -0.2) is 45.1 Å². The van der Waals surface area contributed by atoms with Crippen LogP contribution in [0.3, 0.4) is 0 Å². The predicted molar refractivity (Wildman–Crippen MR) is 99.3 cm³/mol. The summed E-state index contributed by atoms with van der Waals surface area (Å²) in [5, 5.41) is 15.2. The summed E-state index contributed by atoms with van der Waals surface area (Å²) in [4.78, 5) is 12.3. The second-order valence-electron chi connectivity index (χ2n) is 6.46. The van der Waals surface area contributed by atoms with Crippen LogP contribution in [0.5, 0.6) is 0 Å². The fourth-order valence-electron chi connectivity index (χ4n) is 3.29. The monoisotopic (exact) mass is 366 g/mol. The van der Waals surface area contributed by atoms with Gasteiger partial charge in [0.05, 0.1) is 11.7 Å². The minimum Gasteiger partial charge on any atom is -0.350 e. The number of carbonyl (C=O) groups is 1. The summed E-state index contributed by atoms with van der Waals surface area (Å²) in [5.74, 6) is -0.114. The maximum Gasteiger partial charge on any atom is 0.271 e. The highest BCUT2D eigenvalue weighted by Gasteiger charge is 2.17. The van der Waals surface area contributed by atoms with E-state index in [0.29, 0.717) is 18.3 Å². The molecular weight excluding hydrogens is 340 g/mol. The minimum atomic E-state index is -0.114. The lowest BCUT2D eigenvalue weighted by Crippen LogP contribution is -2.32. The van der Waals surface area contributed by atoms with Crippen molar-refractivity contribution in [3.05, 3.63) is 34.9 Å². The van der Waals surface area contributed by atoms with Gasteiger partial charge >= 0.3 is 0 Å². The second kappa shape index (κ2) is 8.49. The number of carbonyl (C=O) groups excluding carboxylic acids is 1. The minimum absolute atomic E-state index is 0. The van der Waals surface area contributed by atoms with E-state index in [4.69, 9.17) is 0 Å². The molecule has 1 amide bonds. The first-order valence-electron chi connectivity index (χ1n) is 8.59. The van der Waals surface area contributed by atoms with Crippen LogP contribution in [0, 0.1) is 13.8 Å². The van der Waals surface area contributed by atoms with E-state index in [1.807, 2.05) is 29.5 Å². The number of hydrogen-bond acceptors (Lipinski definition) is 4. The summed E-state index contributed by atoms with van der Waals surface area (Å²) in [6.07, 6.45) is 4.94. The van der Waals surface area contributed by atoms with Gasteiger partial charge in [0.1, 0.15) is 5.69 Å². The molecule has 25 heavy (non-hydrogen) atoms. The van der Waals surface area contributed by atoms with Crippen molar-refractivity contribution in [3.63, 3.8) is 0 Å². The van der Waals surface area contributed by atoms with Crippen LogP contribution in [-0.2, 0) is 13.5 Å². The molecular formula is C17H27ClN6O. The summed E-state index contributed by atoms with van der Waals surface area (Å²) in [5.41, 5.74) is 3.87. The highest BCUT2D eigenvalue weighted by molar-refractivity contribution is 5.92. The number of nitrogens with zero attached hydrogens (tertiary/aromatic N) is 4. The van der Waals surface area contributed by atoms with Crippen LogP contribution in [0.4, 0.5) is 0 Å². The fourth-order valence-corrected chi connectivity index (χ4v) is 3.29. The molecule has 1 saturated heterocycles. The van der Waals surface area contributed by atoms with Gasteiger partial charge in [-0.2, -0.15) is 10.2 Å². The molecule has 1 aliphatic heterocycles. The van der Waals surface area contributed by atoms with Crippen molar-refractivity contribution in [3.8, 4) is 0 Å². The van der Waals surface area contributed by atoms with Crippen molar-refractivity contribution in [2.24, 2.45) is 7.05 Å². The molecule has 3 rings (SSSR count). The van der Waals surface area contributed by atoms with Gasteiger partial charge in [-0.15, -0.1) is 12.4 Å². The van der Waals surface area contributed by atoms with Crippen molar-refractivity contribution in [1.82, 2.24) is 30.2 Å². The number of hydrogen-bond donors (Lipinski definition) is 2. The van der Waals surface area contributed by atoms with Gasteiger partial charge < -0.3 is 10.6 Å². The predicted octanol–water partition coefficient (Wildman–Crippen LogP) is 1.55. The number of rotatable bonds is 5. The Hall–Kier alpha value is -1.86. The Labute approximate surface area is 154 Å². The topological polar surface area (TPSA) is 76.8 Å². The second-order valence-corrected chi connectivity index (χ2v) is 6.46. The molecule has 1 fully saturated rings. The standard InChI is InChI=1S/C17H26N6O.ClH/c1-12-15(13(2)22(3)20-12)6-9-19-17(24)16-7-10-23(21-16)14-5-4-8-18-11-14;/h7,10,14,18H,4-6,8-9,11H2,1-3H3,(H,19,24);1H. The summed E-state index contributed by atoms with van der Waals surface area (Å²) in [6.45, 7) is 6.63. The molecule has 2 N–H and O–H groups in total. The van der Waals surface area contributed by atoms with Crippen LogP contribution in [0.15, 0.2) is 12.3 Å². The maximum absolute atomic E-state index is 12.3. The van der Waals surface area contributed by atoms with E-state index in [1.165, 1.54) is 5.56 Å². The first kappa shape index (κ1) is 19.5. The van der Waals surface area contributed by atoms with Crippen molar-refractivity contribution in [2.45, 2.75) is 39.2 Å². The number of halogens is 1. The molecule has 3 heterocycles. The summed E-state index contributed by atoms with van der Waals surface area (Å²) in [6, 6.07) is 2.14. The lowest BCUT2D eigenvalue weighted by molar-refractivity contribution is 0.0947. The Kier molecular flexibility index (Phi) is 6.61. The Morgan fingerprint density at radius 3 is 2.84 bits per heavy atom. The third-order valence-electron chi connectivity index (χ3n) is 4.81. The van der Waals surface area contributed by atoms with E-state index >= 15 is 0 Å². The molecule has 0 aromatic carbocycles. The first-order chi connectivity index (χ1) is 11.6. The third-order valence-corrected chi connectivity index (χ3v) is 4.81. The van der Waals surface area contributed by atoms with Gasteiger partial charge in [0.2, 0.25) is 0 Å². The van der Waals surface area contributed by atoms with Crippen molar-refractivity contribution < 1.29 is 4.79 Å². The molecule has 1 aliphatic rings. The lowest BCUT2D eigenvalue weighted by Gasteiger charge is -2.22. The Morgan fingerprint density at radius 2 is 2.20 bits per heavy atom. The molecule has 0 spiro atoms. The number of nitrogens with one attached hydrogen (secondary N) is 2. The van der Waals surface area contributed by atoms with Crippen molar-refractivity contribution in [1.29, 1.82) is 0 Å². The zero-order valence-electron chi connectivity index (χ0n) is 15.1. The molecule has 0 aliphatic carbocycles. The number of amides is 1. The van der Waals surface area contributed by atoms with Crippen LogP contribution in [0.2, 0.25) is 0 Å². The maximum atomic E-state index is 12.3. The van der Waals surface area contributed by atoms with Crippen LogP contribution in [0.25, 0.3) is 0 Å². The van der Waals surface area contributed by atoms with Gasteiger partial charge in [-0.1, -0.05) is 0 Å². The van der Waals surface area contributed by atoms with Gasteiger partial charge in [-0.05, 0) is 51.3 Å². The van der Waals surface area contributed by atoms with E-state index in [1.54, 1.807) is 6.07 Å². The van der Waals surface area contributed by atoms with Gasteiger partial charge in [-0.3, -0.25) is 14.2 Å². The van der Waals surface area contributed by atoms with Crippen LogP contribution >= 0.6 is 12.4 Å². The molecule has 1 unspecified atom stereocenters. The van der Waals surface area contributed by atoms with Crippen LogP contribution in [0.1, 0.15) is 46.3 Å². The molecule has 138 valence electrons. The Morgan fingerprint density at radius 1 is 1.40 bits per heavy atom. The normalized spacial score (nSPS) is 17.2. The smallest absolute Gasteiger partial charge is 0.271 e. The zero-order chi connectivity index (χ0) is 17.1. The third kappa shape index (κ3) is 4.41. The van der Waals surface area contributed by atoms with Gasteiger partial charge in [0.15, 0.2) is 0 Å². The largest absolute Gasteiger partial charge is 0.350 e. The lowest BCUT2D eigenvalue weighted by atomic mass is 10.1. The zero-order valence-corrected chi connectivity index (χ0v) is 15.9. The average Bonchev–Trinajstić information content (AvgIpc) is 3.16. The molecule has 0 radical (unpaired) electrons. The molecule has 0 bridgehead atoms. The average molecular weight is 367 g/mol. The Balaban J connectivity index is 0.00000225. The number of piperidine rings is 1. The molecule has 0 saturated carbocycles. The summed E-state index contributed by atoms with van der Waals surface area (Å²) < 4.78 is 3.79. The quantitative estimate of drug-likeness (QED) is 0.841. The van der Waals surface area contributed by atoms with Crippen molar-refractivity contribution >= 4 is 18.3 Å². The SMILES string of the molecule is Cc1nn(C)c(C)c1CCNC(=O)c1ccn(C2CCCNC2)n1.Cl. The Bertz CT molecular complexity index is 717. The van der Waals surface area contributed by atoms with E-state index in [0.717, 1.165) is 43.7 Å². The van der Waals surface area contributed by atoms with E-state index in [-0.39, 0.29) is 18.3 Å². The van der Waals surface area contributed by atoms with Gasteiger partial charge in [-0.25, -0.2) is 0 Å². The summed E-state index contributed by atoms with van der Waals surface area (Å²) >= 11 is 0. The highest BCUT2D eigenvalue weighted by Crippen LogP contribution is 2.16. The molecule has 2 aromatic heterocycles.